The zero-order chi connectivity index (χ0) is 12.1. The highest BCUT2D eigenvalue weighted by Crippen LogP contribution is 2.30. The number of carbonyl (C=O) groups is 1. The van der Waals surface area contributed by atoms with Gasteiger partial charge in [-0.25, -0.2) is 0 Å². The topological polar surface area (TPSA) is 49.3 Å². The predicted octanol–water partition coefficient (Wildman–Crippen LogP) is 3.31. The van der Waals surface area contributed by atoms with Crippen LogP contribution in [0.25, 0.3) is 0 Å². The average molecular weight is 351 g/mol. The van der Waals surface area contributed by atoms with E-state index in [0.717, 1.165) is 14.6 Å². The number of amides is 1. The molecule has 16 heavy (non-hydrogen) atoms. The summed E-state index contributed by atoms with van der Waals surface area (Å²) in [5.74, 6) is -0.103. The van der Waals surface area contributed by atoms with Crippen LogP contribution in [0, 0.1) is 0 Å². The van der Waals surface area contributed by atoms with Crippen LogP contribution >= 0.6 is 31.9 Å². The predicted molar refractivity (Wildman–Crippen MR) is 71.4 cm³/mol. The van der Waals surface area contributed by atoms with Crippen LogP contribution in [0.1, 0.15) is 19.8 Å². The number of hydrogen-bond acceptors (Lipinski definition) is 2. The molecule has 1 unspecified atom stereocenters. The second-order valence-electron chi connectivity index (χ2n) is 3.53. The summed E-state index contributed by atoms with van der Waals surface area (Å²) >= 11 is 6.72. The van der Waals surface area contributed by atoms with Crippen LogP contribution in [-0.2, 0) is 4.79 Å². The van der Waals surface area contributed by atoms with Gasteiger partial charge < -0.3 is 10.4 Å². The zero-order valence-electron chi connectivity index (χ0n) is 8.84. The molecule has 88 valence electrons. The van der Waals surface area contributed by atoms with Gasteiger partial charge in [0.25, 0.3) is 0 Å². The van der Waals surface area contributed by atoms with E-state index in [-0.39, 0.29) is 5.91 Å². The maximum Gasteiger partial charge on any atom is 0.224 e. The van der Waals surface area contributed by atoms with Crippen LogP contribution in [0.4, 0.5) is 5.69 Å². The highest BCUT2D eigenvalue weighted by Gasteiger charge is 2.09. The molecule has 0 aromatic heterocycles. The van der Waals surface area contributed by atoms with E-state index in [0.29, 0.717) is 12.8 Å². The minimum atomic E-state index is -0.451. The first-order chi connectivity index (χ1) is 7.50. The maximum absolute atomic E-state index is 11.6. The largest absolute Gasteiger partial charge is 0.393 e. The first-order valence-corrected chi connectivity index (χ1v) is 6.51. The van der Waals surface area contributed by atoms with Gasteiger partial charge in [0, 0.05) is 15.4 Å². The van der Waals surface area contributed by atoms with Crippen LogP contribution in [0.15, 0.2) is 27.1 Å². The Labute approximate surface area is 111 Å². The van der Waals surface area contributed by atoms with E-state index < -0.39 is 6.10 Å². The lowest BCUT2D eigenvalue weighted by atomic mass is 10.2. The van der Waals surface area contributed by atoms with Gasteiger partial charge in [-0.1, -0.05) is 6.07 Å². The van der Waals surface area contributed by atoms with Gasteiger partial charge in [-0.3, -0.25) is 4.79 Å². The molecule has 0 saturated heterocycles. The summed E-state index contributed by atoms with van der Waals surface area (Å²) in [7, 11) is 0. The molecule has 1 atom stereocenters. The van der Waals surface area contributed by atoms with E-state index in [1.54, 1.807) is 6.92 Å². The van der Waals surface area contributed by atoms with Crippen LogP contribution < -0.4 is 5.32 Å². The molecule has 0 spiro atoms. The standard InChI is InChI=1S/C11H13Br2NO2/c1-7(15)5-6-10(16)14-11-8(12)3-2-4-9(11)13/h2-4,7,15H,5-6H2,1H3,(H,14,16). The van der Waals surface area contributed by atoms with Gasteiger partial charge in [-0.05, 0) is 57.3 Å². The molecular formula is C11H13Br2NO2. The number of benzene rings is 1. The van der Waals surface area contributed by atoms with E-state index in [1.165, 1.54) is 0 Å². The summed E-state index contributed by atoms with van der Waals surface area (Å²) in [5.41, 5.74) is 0.720. The Morgan fingerprint density at radius 2 is 2.00 bits per heavy atom. The molecular weight excluding hydrogens is 338 g/mol. The van der Waals surface area contributed by atoms with Crippen molar-refractivity contribution >= 4 is 43.5 Å². The number of aliphatic hydroxyl groups excluding tert-OH is 1. The smallest absolute Gasteiger partial charge is 0.224 e. The zero-order valence-corrected chi connectivity index (χ0v) is 12.0. The Balaban J connectivity index is 2.63. The minimum Gasteiger partial charge on any atom is -0.393 e. The van der Waals surface area contributed by atoms with Crippen molar-refractivity contribution in [2.24, 2.45) is 0 Å². The number of rotatable bonds is 4. The molecule has 0 radical (unpaired) electrons. The fourth-order valence-electron chi connectivity index (χ4n) is 1.16. The number of nitrogens with one attached hydrogen (secondary N) is 1. The number of carbonyl (C=O) groups excluding carboxylic acids is 1. The SMILES string of the molecule is CC(O)CCC(=O)Nc1c(Br)cccc1Br. The Hall–Kier alpha value is -0.390. The van der Waals surface area contributed by atoms with Gasteiger partial charge in [0.2, 0.25) is 5.91 Å². The van der Waals surface area contributed by atoms with Crippen molar-refractivity contribution in [3.63, 3.8) is 0 Å². The summed E-state index contributed by atoms with van der Waals surface area (Å²) in [6.07, 6.45) is 0.327. The summed E-state index contributed by atoms with van der Waals surface area (Å²) in [6.45, 7) is 1.67. The van der Waals surface area contributed by atoms with Crippen LogP contribution in [-0.4, -0.2) is 17.1 Å². The molecule has 5 heteroatoms. The molecule has 0 bridgehead atoms. The molecule has 0 heterocycles. The number of halogens is 2. The van der Waals surface area contributed by atoms with Crippen molar-refractivity contribution in [3.8, 4) is 0 Å². The third-order valence-electron chi connectivity index (χ3n) is 2.02. The Morgan fingerprint density at radius 3 is 2.50 bits per heavy atom. The molecule has 0 aliphatic heterocycles. The average Bonchev–Trinajstić information content (AvgIpc) is 2.21. The lowest BCUT2D eigenvalue weighted by molar-refractivity contribution is -0.116. The van der Waals surface area contributed by atoms with Gasteiger partial charge in [-0.15, -0.1) is 0 Å². The Morgan fingerprint density at radius 1 is 1.44 bits per heavy atom. The number of anilines is 1. The third-order valence-corrected chi connectivity index (χ3v) is 3.34. The molecule has 1 aromatic carbocycles. The van der Waals surface area contributed by atoms with E-state index in [4.69, 9.17) is 5.11 Å². The first-order valence-electron chi connectivity index (χ1n) is 4.92. The fraction of sp³-hybridized carbons (Fsp3) is 0.364. The van der Waals surface area contributed by atoms with Crippen molar-refractivity contribution < 1.29 is 9.90 Å². The monoisotopic (exact) mass is 349 g/mol. The van der Waals surface area contributed by atoms with Gasteiger partial charge in [0.05, 0.1) is 11.8 Å². The molecule has 1 amide bonds. The van der Waals surface area contributed by atoms with E-state index in [2.05, 4.69) is 37.2 Å². The summed E-state index contributed by atoms with van der Waals surface area (Å²) in [5, 5.41) is 11.9. The molecule has 0 aliphatic rings. The van der Waals surface area contributed by atoms with Crippen molar-refractivity contribution in [3.05, 3.63) is 27.1 Å². The van der Waals surface area contributed by atoms with Gasteiger partial charge in [0.15, 0.2) is 0 Å². The highest BCUT2D eigenvalue weighted by molar-refractivity contribution is 9.11. The van der Waals surface area contributed by atoms with Gasteiger partial charge in [0.1, 0.15) is 0 Å². The second-order valence-corrected chi connectivity index (χ2v) is 5.24. The molecule has 3 nitrogen and oxygen atoms in total. The maximum atomic E-state index is 11.6. The van der Waals surface area contributed by atoms with Crippen molar-refractivity contribution in [2.45, 2.75) is 25.9 Å². The number of para-hydroxylation sites is 1. The van der Waals surface area contributed by atoms with Crippen molar-refractivity contribution in [1.29, 1.82) is 0 Å². The minimum absolute atomic E-state index is 0.103. The van der Waals surface area contributed by atoms with Gasteiger partial charge >= 0.3 is 0 Å². The van der Waals surface area contributed by atoms with Crippen LogP contribution in [0.2, 0.25) is 0 Å². The van der Waals surface area contributed by atoms with Crippen molar-refractivity contribution in [2.75, 3.05) is 5.32 Å². The molecule has 2 N–H and O–H groups in total. The molecule has 1 aromatic rings. The Bertz CT molecular complexity index is 360. The molecule has 0 saturated carbocycles. The summed E-state index contributed by atoms with van der Waals surface area (Å²) in [4.78, 5) is 11.6. The molecule has 0 fully saturated rings. The van der Waals surface area contributed by atoms with Crippen LogP contribution in [0.3, 0.4) is 0 Å². The fourth-order valence-corrected chi connectivity index (χ4v) is 2.36. The first kappa shape index (κ1) is 13.7. The summed E-state index contributed by atoms with van der Waals surface area (Å²) < 4.78 is 1.65. The number of aliphatic hydroxyl groups is 1. The van der Waals surface area contributed by atoms with E-state index >= 15 is 0 Å². The summed E-state index contributed by atoms with van der Waals surface area (Å²) in [6, 6.07) is 5.59. The second kappa shape index (κ2) is 6.37. The van der Waals surface area contributed by atoms with E-state index in [1.807, 2.05) is 18.2 Å². The van der Waals surface area contributed by atoms with E-state index in [9.17, 15) is 4.79 Å². The molecule has 1 rings (SSSR count). The Kier molecular flexibility index (Phi) is 5.44. The van der Waals surface area contributed by atoms with Crippen molar-refractivity contribution in [1.82, 2.24) is 0 Å². The van der Waals surface area contributed by atoms with Crippen LogP contribution in [0.5, 0.6) is 0 Å². The third kappa shape index (κ3) is 4.23. The lowest BCUT2D eigenvalue weighted by Crippen LogP contribution is -2.14. The number of hydrogen-bond donors (Lipinski definition) is 2. The quantitative estimate of drug-likeness (QED) is 0.875. The highest BCUT2D eigenvalue weighted by atomic mass is 79.9. The lowest BCUT2D eigenvalue weighted by Gasteiger charge is -2.10. The normalized spacial score (nSPS) is 12.2. The van der Waals surface area contributed by atoms with Gasteiger partial charge in [-0.2, -0.15) is 0 Å². The molecule has 0 aliphatic carbocycles.